The molecule has 1 aliphatic carbocycles. The van der Waals surface area contributed by atoms with Crippen molar-refractivity contribution >= 4 is 0 Å². The topological polar surface area (TPSA) is 0 Å². The van der Waals surface area contributed by atoms with Crippen LogP contribution in [0.1, 0.15) is 71.1 Å². The molecule has 2 rings (SSSR count). The summed E-state index contributed by atoms with van der Waals surface area (Å²) in [5.41, 5.74) is 4.59. The van der Waals surface area contributed by atoms with E-state index in [-0.39, 0.29) is 0 Å². The summed E-state index contributed by atoms with van der Waals surface area (Å²) in [6.07, 6.45) is 5.37. The van der Waals surface area contributed by atoms with Gasteiger partial charge in [0.2, 0.25) is 0 Å². The van der Waals surface area contributed by atoms with Crippen molar-refractivity contribution in [3.8, 4) is 0 Å². The summed E-state index contributed by atoms with van der Waals surface area (Å²) < 4.78 is 0. The summed E-state index contributed by atoms with van der Waals surface area (Å²) in [6.45, 7) is 14.2. The minimum Gasteiger partial charge on any atom is -0.0683 e. The Bertz CT molecular complexity index is 261. The van der Waals surface area contributed by atoms with E-state index in [2.05, 4.69) is 25.1 Å². The maximum Gasteiger partial charge on any atom is -0.0276 e. The molecule has 0 bridgehead atoms. The third-order valence-electron chi connectivity index (χ3n) is 2.50. The van der Waals surface area contributed by atoms with Crippen LogP contribution in [0.4, 0.5) is 0 Å². The van der Waals surface area contributed by atoms with Gasteiger partial charge >= 0.3 is 0 Å². The number of aryl methyl sites for hydroxylation is 3. The smallest absolute Gasteiger partial charge is 0.0276 e. The average Bonchev–Trinajstić information content (AvgIpc) is 2.45. The highest BCUT2D eigenvalue weighted by Crippen LogP contribution is 2.21. The summed E-state index contributed by atoms with van der Waals surface area (Å²) in [5, 5.41) is 0. The normalized spacial score (nSPS) is 11.5. The molecule has 0 saturated heterocycles. The first-order valence-electron chi connectivity index (χ1n) is 7.45. The first-order chi connectivity index (χ1) is 8.36. The van der Waals surface area contributed by atoms with Crippen molar-refractivity contribution in [1.29, 1.82) is 0 Å². The second-order valence-corrected chi connectivity index (χ2v) is 3.48. The van der Waals surface area contributed by atoms with Crippen molar-refractivity contribution < 1.29 is 0 Å². The van der Waals surface area contributed by atoms with Crippen LogP contribution in [0, 0.1) is 6.92 Å². The van der Waals surface area contributed by atoms with Crippen LogP contribution in [-0.4, -0.2) is 0 Å². The minimum atomic E-state index is 1.30. The van der Waals surface area contributed by atoms with Gasteiger partial charge in [0.25, 0.3) is 0 Å². The van der Waals surface area contributed by atoms with Crippen molar-refractivity contribution in [3.63, 3.8) is 0 Å². The van der Waals surface area contributed by atoms with E-state index in [4.69, 9.17) is 0 Å². The first-order valence-corrected chi connectivity index (χ1v) is 7.45. The molecule has 0 spiro atoms. The van der Waals surface area contributed by atoms with Crippen LogP contribution in [0.3, 0.4) is 0 Å². The Hall–Kier alpha value is -0.780. The lowest BCUT2D eigenvalue weighted by Gasteiger charge is -2.15. The molecule has 0 atom stereocenters. The molecule has 0 unspecified atom stereocenters. The Kier molecular flexibility index (Phi) is 14.5. The SMILES string of the molecule is CC.CC.CC.Cc1ccc2c(c1)CCCC2. The second kappa shape index (κ2) is 13.3. The fourth-order valence-electron chi connectivity index (χ4n) is 1.86. The molecule has 1 aliphatic rings. The molecule has 0 amide bonds. The number of hydrogen-bond acceptors (Lipinski definition) is 0. The molecule has 0 nitrogen and oxygen atoms in total. The van der Waals surface area contributed by atoms with E-state index in [0.29, 0.717) is 0 Å². The maximum absolute atomic E-state index is 2.34. The quantitative estimate of drug-likeness (QED) is 0.522. The molecule has 0 heteroatoms. The van der Waals surface area contributed by atoms with Gasteiger partial charge < -0.3 is 0 Å². The van der Waals surface area contributed by atoms with Gasteiger partial charge in [-0.1, -0.05) is 65.3 Å². The third kappa shape index (κ3) is 7.20. The van der Waals surface area contributed by atoms with E-state index in [1.807, 2.05) is 41.5 Å². The Morgan fingerprint density at radius 2 is 1.18 bits per heavy atom. The van der Waals surface area contributed by atoms with E-state index in [1.165, 1.54) is 31.2 Å². The van der Waals surface area contributed by atoms with E-state index in [9.17, 15) is 0 Å². The van der Waals surface area contributed by atoms with Crippen molar-refractivity contribution in [2.45, 2.75) is 74.1 Å². The summed E-state index contributed by atoms with van der Waals surface area (Å²) in [7, 11) is 0. The average molecular weight is 236 g/mol. The van der Waals surface area contributed by atoms with E-state index in [0.717, 1.165) is 0 Å². The lowest BCUT2D eigenvalue weighted by atomic mass is 9.91. The monoisotopic (exact) mass is 236 g/mol. The number of benzene rings is 1. The van der Waals surface area contributed by atoms with Gasteiger partial charge in [-0.2, -0.15) is 0 Å². The summed E-state index contributed by atoms with van der Waals surface area (Å²) in [5.74, 6) is 0. The molecule has 0 aliphatic heterocycles. The molecule has 0 N–H and O–H groups in total. The van der Waals surface area contributed by atoms with Gasteiger partial charge in [0.15, 0.2) is 0 Å². The largest absolute Gasteiger partial charge is 0.0683 e. The molecule has 17 heavy (non-hydrogen) atoms. The maximum atomic E-state index is 2.34. The highest BCUT2D eigenvalue weighted by atomic mass is 14.1. The molecule has 0 aromatic heterocycles. The lowest BCUT2D eigenvalue weighted by molar-refractivity contribution is 0.685. The Balaban J connectivity index is 0. The lowest BCUT2D eigenvalue weighted by Crippen LogP contribution is -2.01. The Labute approximate surface area is 109 Å². The van der Waals surface area contributed by atoms with Gasteiger partial charge in [-0.25, -0.2) is 0 Å². The fourth-order valence-corrected chi connectivity index (χ4v) is 1.86. The van der Waals surface area contributed by atoms with Crippen molar-refractivity contribution in [2.75, 3.05) is 0 Å². The molecule has 0 saturated carbocycles. The number of fused-ring (bicyclic) bond motifs is 1. The van der Waals surface area contributed by atoms with Crippen molar-refractivity contribution in [3.05, 3.63) is 34.9 Å². The van der Waals surface area contributed by atoms with Crippen LogP contribution in [0.2, 0.25) is 0 Å². The zero-order valence-electron chi connectivity index (χ0n) is 13.1. The van der Waals surface area contributed by atoms with Crippen LogP contribution >= 0.6 is 0 Å². The zero-order chi connectivity index (χ0) is 13.7. The van der Waals surface area contributed by atoms with Crippen LogP contribution in [-0.2, 0) is 12.8 Å². The molecule has 0 heterocycles. The van der Waals surface area contributed by atoms with Gasteiger partial charge in [0.05, 0.1) is 0 Å². The predicted octanol–water partition coefficient (Wildman–Crippen LogP) is 5.95. The van der Waals surface area contributed by atoms with Gasteiger partial charge in [-0.15, -0.1) is 0 Å². The first kappa shape index (κ1) is 18.6. The highest BCUT2D eigenvalue weighted by molar-refractivity contribution is 5.32. The molecule has 1 aromatic rings. The van der Waals surface area contributed by atoms with Gasteiger partial charge in [-0.3, -0.25) is 0 Å². The van der Waals surface area contributed by atoms with Gasteiger partial charge in [0, 0.05) is 0 Å². The number of rotatable bonds is 0. The summed E-state index contributed by atoms with van der Waals surface area (Å²) in [6, 6.07) is 6.86. The van der Waals surface area contributed by atoms with E-state index < -0.39 is 0 Å². The minimum absolute atomic E-state index is 1.30. The van der Waals surface area contributed by atoms with Crippen LogP contribution in [0.15, 0.2) is 18.2 Å². The molecule has 0 radical (unpaired) electrons. The van der Waals surface area contributed by atoms with Crippen LogP contribution < -0.4 is 0 Å². The molecular weight excluding hydrogens is 204 g/mol. The van der Waals surface area contributed by atoms with Crippen LogP contribution in [0.5, 0.6) is 0 Å². The summed E-state index contributed by atoms with van der Waals surface area (Å²) in [4.78, 5) is 0. The zero-order valence-corrected chi connectivity index (χ0v) is 13.1. The molecular formula is C17H32. The van der Waals surface area contributed by atoms with Crippen LogP contribution in [0.25, 0.3) is 0 Å². The van der Waals surface area contributed by atoms with Gasteiger partial charge in [0.1, 0.15) is 0 Å². The molecule has 0 fully saturated rings. The standard InChI is InChI=1S/C11H14.3C2H6/c1-9-6-7-10-4-2-3-5-11(10)8-9;3*1-2/h6-8H,2-5H2,1H3;3*1-2H3. The molecule has 100 valence electrons. The Morgan fingerprint density at radius 1 is 0.706 bits per heavy atom. The highest BCUT2D eigenvalue weighted by Gasteiger charge is 2.07. The second-order valence-electron chi connectivity index (χ2n) is 3.48. The van der Waals surface area contributed by atoms with E-state index >= 15 is 0 Å². The number of hydrogen-bond donors (Lipinski definition) is 0. The third-order valence-corrected chi connectivity index (χ3v) is 2.50. The van der Waals surface area contributed by atoms with Gasteiger partial charge in [-0.05, 0) is 43.7 Å². The summed E-state index contributed by atoms with van der Waals surface area (Å²) >= 11 is 0. The predicted molar refractivity (Wildman–Crippen MR) is 81.9 cm³/mol. The van der Waals surface area contributed by atoms with Crippen molar-refractivity contribution in [1.82, 2.24) is 0 Å². The Morgan fingerprint density at radius 3 is 1.71 bits per heavy atom. The van der Waals surface area contributed by atoms with E-state index in [1.54, 1.807) is 11.1 Å². The molecule has 1 aromatic carbocycles. The fraction of sp³-hybridized carbons (Fsp3) is 0.647. The van der Waals surface area contributed by atoms with Crippen molar-refractivity contribution in [2.24, 2.45) is 0 Å².